The summed E-state index contributed by atoms with van der Waals surface area (Å²) in [6, 6.07) is 20.6. The standard InChI is InChI=1S/C24H22N2O5/c1-3-30-22-15-17(13-14-21(22)31-24(28)18-9-5-4-6-10-18)16-25-26-23(27)19-11-7-8-12-20(19)29-2/h4-16H,3H2,1-2H3,(H,26,27)/b25-16-. The molecule has 0 radical (unpaired) electrons. The number of amides is 1. The molecule has 3 rings (SSSR count). The maximum Gasteiger partial charge on any atom is 0.343 e. The Balaban J connectivity index is 1.71. The van der Waals surface area contributed by atoms with E-state index >= 15 is 0 Å². The highest BCUT2D eigenvalue weighted by Gasteiger charge is 2.13. The summed E-state index contributed by atoms with van der Waals surface area (Å²) in [4.78, 5) is 24.6. The Morgan fingerprint density at radius 2 is 1.68 bits per heavy atom. The van der Waals surface area contributed by atoms with E-state index in [2.05, 4.69) is 10.5 Å². The van der Waals surface area contributed by atoms with E-state index in [0.717, 1.165) is 0 Å². The van der Waals surface area contributed by atoms with Gasteiger partial charge in [-0.25, -0.2) is 10.2 Å². The molecule has 31 heavy (non-hydrogen) atoms. The summed E-state index contributed by atoms with van der Waals surface area (Å²) in [6.07, 6.45) is 1.47. The van der Waals surface area contributed by atoms with Crippen LogP contribution in [0.2, 0.25) is 0 Å². The summed E-state index contributed by atoms with van der Waals surface area (Å²) in [5.41, 5.74) is 3.94. The third-order valence-corrected chi connectivity index (χ3v) is 4.21. The van der Waals surface area contributed by atoms with E-state index in [1.165, 1.54) is 13.3 Å². The van der Waals surface area contributed by atoms with Crippen molar-refractivity contribution >= 4 is 18.1 Å². The van der Waals surface area contributed by atoms with Gasteiger partial charge in [-0.3, -0.25) is 4.79 Å². The quantitative estimate of drug-likeness (QED) is 0.258. The number of hydrogen-bond donors (Lipinski definition) is 1. The van der Waals surface area contributed by atoms with Gasteiger partial charge in [-0.05, 0) is 55.0 Å². The molecule has 0 heterocycles. The molecule has 0 atom stereocenters. The second-order valence-corrected chi connectivity index (χ2v) is 6.29. The Morgan fingerprint density at radius 1 is 0.935 bits per heavy atom. The largest absolute Gasteiger partial charge is 0.496 e. The summed E-state index contributed by atoms with van der Waals surface area (Å²) in [7, 11) is 1.50. The van der Waals surface area contributed by atoms with Gasteiger partial charge in [0.15, 0.2) is 11.5 Å². The molecule has 1 N–H and O–H groups in total. The molecule has 7 nitrogen and oxygen atoms in total. The molecule has 0 spiro atoms. The zero-order valence-corrected chi connectivity index (χ0v) is 17.2. The molecular weight excluding hydrogens is 396 g/mol. The smallest absolute Gasteiger partial charge is 0.343 e. The van der Waals surface area contributed by atoms with Crippen LogP contribution in [0.25, 0.3) is 0 Å². The number of nitrogens with zero attached hydrogens (tertiary/aromatic N) is 1. The Hall–Kier alpha value is -4.13. The van der Waals surface area contributed by atoms with Crippen molar-refractivity contribution in [1.82, 2.24) is 5.43 Å². The predicted molar refractivity (Wildman–Crippen MR) is 117 cm³/mol. The number of methoxy groups -OCH3 is 1. The number of carbonyl (C=O) groups excluding carboxylic acids is 2. The van der Waals surface area contributed by atoms with Crippen LogP contribution in [0.5, 0.6) is 17.2 Å². The highest BCUT2D eigenvalue weighted by atomic mass is 16.6. The van der Waals surface area contributed by atoms with Crippen LogP contribution in [0.1, 0.15) is 33.2 Å². The first-order valence-corrected chi connectivity index (χ1v) is 9.63. The Bertz CT molecular complexity index is 1080. The van der Waals surface area contributed by atoms with Crippen LogP contribution in [-0.2, 0) is 0 Å². The van der Waals surface area contributed by atoms with Crippen LogP contribution >= 0.6 is 0 Å². The third-order valence-electron chi connectivity index (χ3n) is 4.21. The Kier molecular flexibility index (Phi) is 7.37. The molecule has 0 aliphatic carbocycles. The first-order chi connectivity index (χ1) is 15.1. The SMILES string of the molecule is CCOc1cc(/C=N\NC(=O)c2ccccc2OC)ccc1OC(=O)c1ccccc1. The van der Waals surface area contributed by atoms with Crippen LogP contribution in [0.3, 0.4) is 0 Å². The molecule has 0 aliphatic heterocycles. The van der Waals surface area contributed by atoms with E-state index in [0.29, 0.717) is 40.5 Å². The van der Waals surface area contributed by atoms with Crippen LogP contribution in [0, 0.1) is 0 Å². The highest BCUT2D eigenvalue weighted by molar-refractivity contribution is 5.97. The van der Waals surface area contributed by atoms with Crippen molar-refractivity contribution < 1.29 is 23.8 Å². The number of nitrogens with one attached hydrogen (secondary N) is 1. The van der Waals surface area contributed by atoms with Crippen LogP contribution < -0.4 is 19.6 Å². The topological polar surface area (TPSA) is 86.2 Å². The number of rotatable bonds is 8. The zero-order valence-electron chi connectivity index (χ0n) is 17.2. The maximum atomic E-state index is 12.3. The van der Waals surface area contributed by atoms with E-state index in [4.69, 9.17) is 14.2 Å². The van der Waals surface area contributed by atoms with E-state index in [-0.39, 0.29) is 0 Å². The number of ether oxygens (including phenoxy) is 3. The van der Waals surface area contributed by atoms with Gasteiger partial charge in [0.2, 0.25) is 0 Å². The first kappa shape index (κ1) is 21.6. The number of hydrazone groups is 1. The number of esters is 1. The van der Waals surface area contributed by atoms with Crippen molar-refractivity contribution in [2.75, 3.05) is 13.7 Å². The van der Waals surface area contributed by atoms with Crippen LogP contribution in [0.4, 0.5) is 0 Å². The first-order valence-electron chi connectivity index (χ1n) is 9.63. The van der Waals surface area contributed by atoms with Crippen molar-refractivity contribution in [3.8, 4) is 17.2 Å². The molecule has 7 heteroatoms. The lowest BCUT2D eigenvalue weighted by Gasteiger charge is -2.11. The average Bonchev–Trinajstić information content (AvgIpc) is 2.81. The summed E-state index contributed by atoms with van der Waals surface area (Å²) < 4.78 is 16.3. The third kappa shape index (κ3) is 5.70. The van der Waals surface area contributed by atoms with Crippen molar-refractivity contribution in [1.29, 1.82) is 0 Å². The summed E-state index contributed by atoms with van der Waals surface area (Å²) >= 11 is 0. The number of carbonyl (C=O) groups is 2. The maximum absolute atomic E-state index is 12.3. The van der Waals surface area contributed by atoms with Crippen molar-refractivity contribution in [3.63, 3.8) is 0 Å². The summed E-state index contributed by atoms with van der Waals surface area (Å²) in [6.45, 7) is 2.22. The van der Waals surface area contributed by atoms with Crippen molar-refractivity contribution in [2.45, 2.75) is 6.92 Å². The van der Waals surface area contributed by atoms with Gasteiger partial charge in [-0.1, -0.05) is 30.3 Å². The van der Waals surface area contributed by atoms with Crippen LogP contribution in [-0.4, -0.2) is 31.8 Å². The van der Waals surface area contributed by atoms with Gasteiger partial charge in [0.1, 0.15) is 5.75 Å². The second-order valence-electron chi connectivity index (χ2n) is 6.29. The lowest BCUT2D eigenvalue weighted by atomic mass is 10.2. The van der Waals surface area contributed by atoms with Gasteiger partial charge in [-0.2, -0.15) is 5.10 Å². The number of hydrogen-bond acceptors (Lipinski definition) is 6. The number of para-hydroxylation sites is 1. The minimum atomic E-state index is -0.480. The van der Waals surface area contributed by atoms with Gasteiger partial charge in [0.25, 0.3) is 5.91 Å². The van der Waals surface area contributed by atoms with Crippen LogP contribution in [0.15, 0.2) is 77.9 Å². The molecule has 0 fully saturated rings. The van der Waals surface area contributed by atoms with Crippen molar-refractivity contribution in [2.24, 2.45) is 5.10 Å². The molecule has 3 aromatic carbocycles. The highest BCUT2D eigenvalue weighted by Crippen LogP contribution is 2.29. The minimum absolute atomic E-state index is 0.297. The molecule has 0 saturated heterocycles. The fraction of sp³-hybridized carbons (Fsp3) is 0.125. The average molecular weight is 418 g/mol. The fourth-order valence-corrected chi connectivity index (χ4v) is 2.75. The predicted octanol–water partition coefficient (Wildman–Crippen LogP) is 4.08. The van der Waals surface area contributed by atoms with E-state index in [1.807, 2.05) is 13.0 Å². The Morgan fingerprint density at radius 3 is 2.42 bits per heavy atom. The molecule has 0 saturated carbocycles. The molecule has 158 valence electrons. The molecule has 1 amide bonds. The Labute approximate surface area is 180 Å². The molecule has 0 aromatic heterocycles. The van der Waals surface area contributed by atoms with Gasteiger partial charge in [0.05, 0.1) is 31.1 Å². The van der Waals surface area contributed by atoms with E-state index in [1.54, 1.807) is 66.7 Å². The minimum Gasteiger partial charge on any atom is -0.496 e. The monoisotopic (exact) mass is 418 g/mol. The molecular formula is C24H22N2O5. The normalized spacial score (nSPS) is 10.5. The van der Waals surface area contributed by atoms with Gasteiger partial charge in [0, 0.05) is 0 Å². The second kappa shape index (κ2) is 10.6. The zero-order chi connectivity index (χ0) is 22.1. The van der Waals surface area contributed by atoms with Gasteiger partial charge < -0.3 is 14.2 Å². The number of benzene rings is 3. The lowest BCUT2D eigenvalue weighted by Crippen LogP contribution is -2.18. The van der Waals surface area contributed by atoms with Crippen molar-refractivity contribution in [3.05, 3.63) is 89.5 Å². The fourth-order valence-electron chi connectivity index (χ4n) is 2.75. The lowest BCUT2D eigenvalue weighted by molar-refractivity contribution is 0.0728. The molecule has 0 aliphatic rings. The molecule has 0 bridgehead atoms. The van der Waals surface area contributed by atoms with E-state index < -0.39 is 11.9 Å². The molecule has 0 unspecified atom stereocenters. The summed E-state index contributed by atoms with van der Waals surface area (Å²) in [5.74, 6) is 0.273. The molecule has 3 aromatic rings. The van der Waals surface area contributed by atoms with E-state index in [9.17, 15) is 9.59 Å². The van der Waals surface area contributed by atoms with Gasteiger partial charge >= 0.3 is 5.97 Å². The summed E-state index contributed by atoms with van der Waals surface area (Å²) in [5, 5.41) is 3.99. The van der Waals surface area contributed by atoms with Gasteiger partial charge in [-0.15, -0.1) is 0 Å².